The number of quaternary nitrogens is 1. The van der Waals surface area contributed by atoms with Gasteiger partial charge in [0.1, 0.15) is 19.3 Å². The number of unbranched alkanes of at least 4 members (excludes halogenated alkanes) is 43. The van der Waals surface area contributed by atoms with Gasteiger partial charge in [-0.25, -0.2) is 0 Å². The molecule has 482 valence electrons. The van der Waals surface area contributed by atoms with Crippen LogP contribution in [0.2, 0.25) is 0 Å². The zero-order valence-electron chi connectivity index (χ0n) is 55.2. The monoisotopic (exact) mass is 1170 g/mol. The fourth-order valence-corrected chi connectivity index (χ4v) is 11.2. The Balaban J connectivity index is 5.04. The normalized spacial score (nSPS) is 13.8. The lowest BCUT2D eigenvalue weighted by molar-refractivity contribution is -0.870. The number of amides is 1. The van der Waals surface area contributed by atoms with Crippen LogP contribution >= 0.6 is 7.82 Å². The third-order valence-electron chi connectivity index (χ3n) is 16.0. The van der Waals surface area contributed by atoms with Gasteiger partial charge in [-0.2, -0.15) is 0 Å². The van der Waals surface area contributed by atoms with Crippen LogP contribution in [0.25, 0.3) is 0 Å². The van der Waals surface area contributed by atoms with Crippen LogP contribution in [0, 0.1) is 0 Å². The molecule has 9 nitrogen and oxygen atoms in total. The zero-order valence-corrected chi connectivity index (χ0v) is 56.1. The molecule has 82 heavy (non-hydrogen) atoms. The number of likely N-dealkylation sites (N-methyl/N-ethyl adjacent to an activating group) is 1. The summed E-state index contributed by atoms with van der Waals surface area (Å²) in [6, 6.07) is -0.889. The van der Waals surface area contributed by atoms with Crippen LogP contribution in [0.15, 0.2) is 48.6 Å². The summed E-state index contributed by atoms with van der Waals surface area (Å²) in [7, 11) is 1.19. The summed E-state index contributed by atoms with van der Waals surface area (Å²) in [6.07, 6.45) is 78.0. The van der Waals surface area contributed by atoms with E-state index in [1.54, 1.807) is 0 Å². The summed E-state index contributed by atoms with van der Waals surface area (Å²) < 4.78 is 30.4. The summed E-state index contributed by atoms with van der Waals surface area (Å²) in [4.78, 5) is 40.2. The van der Waals surface area contributed by atoms with Crippen molar-refractivity contribution in [3.63, 3.8) is 0 Å². The molecular weight excluding hydrogens is 1040 g/mol. The second-order valence-electron chi connectivity index (χ2n) is 25.4. The van der Waals surface area contributed by atoms with Crippen molar-refractivity contribution in [3.8, 4) is 0 Å². The predicted molar refractivity (Wildman–Crippen MR) is 353 cm³/mol. The maximum atomic E-state index is 13.6. The lowest BCUT2D eigenvalue weighted by atomic mass is 10.0. The lowest BCUT2D eigenvalue weighted by Crippen LogP contribution is -2.47. The van der Waals surface area contributed by atoms with Crippen molar-refractivity contribution < 1.29 is 37.3 Å². The molecule has 0 heterocycles. The summed E-state index contributed by atoms with van der Waals surface area (Å²) in [5, 5.41) is 3.05. The number of esters is 1. The fraction of sp³-hybridized carbons (Fsp3) is 0.861. The molecule has 3 atom stereocenters. The topological polar surface area (TPSA) is 114 Å². The van der Waals surface area contributed by atoms with Crippen molar-refractivity contribution in [1.29, 1.82) is 0 Å². The Labute approximate surface area is 509 Å². The smallest absolute Gasteiger partial charge is 0.306 e. The summed E-state index contributed by atoms with van der Waals surface area (Å²) in [5.41, 5.74) is 0. The lowest BCUT2D eigenvalue weighted by Gasteiger charge is -2.30. The molecule has 0 radical (unpaired) electrons. The van der Waals surface area contributed by atoms with Gasteiger partial charge >= 0.3 is 5.97 Å². The molecule has 0 aliphatic carbocycles. The minimum atomic E-state index is -4.70. The number of rotatable bonds is 65. The Morgan fingerprint density at radius 2 is 0.744 bits per heavy atom. The molecule has 0 spiro atoms. The van der Waals surface area contributed by atoms with E-state index in [9.17, 15) is 19.0 Å². The van der Waals surface area contributed by atoms with Crippen molar-refractivity contribution >= 4 is 19.7 Å². The first-order valence-electron chi connectivity index (χ1n) is 35.4. The molecule has 0 aliphatic heterocycles. The average Bonchev–Trinajstić information content (AvgIpc) is 3.44. The molecule has 0 fully saturated rings. The molecule has 10 heteroatoms. The van der Waals surface area contributed by atoms with E-state index < -0.39 is 20.0 Å². The number of carbonyl (C=O) groups excluding carboxylic acids is 2. The maximum absolute atomic E-state index is 13.6. The first-order chi connectivity index (χ1) is 39.9. The van der Waals surface area contributed by atoms with Gasteiger partial charge < -0.3 is 28.5 Å². The zero-order chi connectivity index (χ0) is 60.0. The number of hydrogen-bond acceptors (Lipinski definition) is 7. The molecule has 0 aromatic carbocycles. The Morgan fingerprint density at radius 1 is 0.427 bits per heavy atom. The average molecular weight is 1170 g/mol. The van der Waals surface area contributed by atoms with Gasteiger partial charge in [-0.05, 0) is 89.5 Å². The van der Waals surface area contributed by atoms with Gasteiger partial charge in [-0.3, -0.25) is 14.2 Å². The van der Waals surface area contributed by atoms with Gasteiger partial charge in [0.15, 0.2) is 0 Å². The van der Waals surface area contributed by atoms with Crippen LogP contribution < -0.4 is 10.2 Å². The van der Waals surface area contributed by atoms with Crippen molar-refractivity contribution in [2.75, 3.05) is 40.9 Å². The molecule has 1 N–H and O–H groups in total. The minimum Gasteiger partial charge on any atom is -0.756 e. The van der Waals surface area contributed by atoms with Crippen molar-refractivity contribution in [2.24, 2.45) is 0 Å². The molecule has 3 unspecified atom stereocenters. The third-order valence-corrected chi connectivity index (χ3v) is 16.9. The number of nitrogens with one attached hydrogen (secondary N) is 1. The first kappa shape index (κ1) is 80.0. The Kier molecular flexibility index (Phi) is 60.5. The fourth-order valence-electron chi connectivity index (χ4n) is 10.5. The molecule has 0 aliphatic rings. The van der Waals surface area contributed by atoms with Gasteiger partial charge in [0.05, 0.1) is 33.8 Å². The SMILES string of the molecule is CCCCC/C=C\C/C=C\CCCCCCCCCCCC(=O)OC(/C=C\CCCCCCCCCCCC)C(COP(=O)([O-])OCC[N+](C)(C)C)NC(=O)CCCCCCCCCCCCCCCCC/C=C/CCCCCCCC. The van der Waals surface area contributed by atoms with Crippen LogP contribution in [0.4, 0.5) is 0 Å². The van der Waals surface area contributed by atoms with Gasteiger partial charge in [0.2, 0.25) is 5.91 Å². The molecule has 0 aromatic rings. The van der Waals surface area contributed by atoms with E-state index in [4.69, 9.17) is 13.8 Å². The van der Waals surface area contributed by atoms with E-state index in [1.807, 2.05) is 33.3 Å². The minimum absolute atomic E-state index is 0.0216. The maximum Gasteiger partial charge on any atom is 0.306 e. The highest BCUT2D eigenvalue weighted by Gasteiger charge is 2.27. The van der Waals surface area contributed by atoms with Gasteiger partial charge in [0.25, 0.3) is 7.82 Å². The van der Waals surface area contributed by atoms with Crippen LogP contribution in [0.1, 0.15) is 348 Å². The molecular formula is C72H137N2O7P. The van der Waals surface area contributed by atoms with Crippen molar-refractivity contribution in [2.45, 2.75) is 360 Å². The number of carbonyl (C=O) groups is 2. The molecule has 0 bridgehead atoms. The van der Waals surface area contributed by atoms with E-state index in [2.05, 4.69) is 62.5 Å². The van der Waals surface area contributed by atoms with Crippen molar-refractivity contribution in [1.82, 2.24) is 5.32 Å². The quantitative estimate of drug-likeness (QED) is 0.0212. The van der Waals surface area contributed by atoms with E-state index in [1.165, 1.54) is 250 Å². The van der Waals surface area contributed by atoms with Crippen LogP contribution in [-0.2, 0) is 27.9 Å². The molecule has 0 rings (SSSR count). The molecule has 0 aromatic heterocycles. The number of hydrogen-bond donors (Lipinski definition) is 1. The molecule has 0 saturated heterocycles. The summed E-state index contributed by atoms with van der Waals surface area (Å²) in [6.45, 7) is 6.86. The Bertz CT molecular complexity index is 1540. The second-order valence-corrected chi connectivity index (χ2v) is 26.8. The second kappa shape index (κ2) is 62.0. The standard InChI is InChI=1S/C72H137N2O7P/c1-7-10-13-16-19-22-25-28-30-32-34-35-36-37-38-39-41-42-44-46-49-52-55-58-61-64-71(75)73-69(68-80-82(77,78)79-67-66-74(4,5)6)70(63-60-57-54-51-48-27-24-21-18-15-12-9-3)81-72(76)65-62-59-56-53-50-47-45-43-40-33-31-29-26-23-20-17-14-11-8-2/h20,23,28-31,60,63,69-70H,7-19,21-22,24-27,32-59,61-62,64-68H2,1-6H3,(H-,73,75,77,78)/b23-20-,30-28+,31-29-,63-60-. The number of allylic oxidation sites excluding steroid dienone is 7. The largest absolute Gasteiger partial charge is 0.756 e. The highest BCUT2D eigenvalue weighted by atomic mass is 31.2. The van der Waals surface area contributed by atoms with Crippen molar-refractivity contribution in [3.05, 3.63) is 48.6 Å². The predicted octanol–water partition coefficient (Wildman–Crippen LogP) is 21.8. The number of phosphoric ester groups is 1. The first-order valence-corrected chi connectivity index (χ1v) is 36.9. The molecule has 1 amide bonds. The van der Waals surface area contributed by atoms with E-state index >= 15 is 0 Å². The van der Waals surface area contributed by atoms with Crippen LogP contribution in [0.3, 0.4) is 0 Å². The third kappa shape index (κ3) is 62.5. The van der Waals surface area contributed by atoms with Gasteiger partial charge in [-0.15, -0.1) is 0 Å². The molecule has 0 saturated carbocycles. The van der Waals surface area contributed by atoms with E-state index in [0.717, 1.165) is 64.2 Å². The summed E-state index contributed by atoms with van der Waals surface area (Å²) in [5.74, 6) is -0.531. The highest BCUT2D eigenvalue weighted by Crippen LogP contribution is 2.38. The number of phosphoric acid groups is 1. The van der Waals surface area contributed by atoms with Crippen LogP contribution in [0.5, 0.6) is 0 Å². The Hall–Kier alpha value is -2.03. The highest BCUT2D eigenvalue weighted by molar-refractivity contribution is 7.45. The van der Waals surface area contributed by atoms with E-state index in [0.29, 0.717) is 17.4 Å². The number of ether oxygens (including phenoxy) is 1. The summed E-state index contributed by atoms with van der Waals surface area (Å²) >= 11 is 0. The van der Waals surface area contributed by atoms with Crippen LogP contribution in [-0.4, -0.2) is 69.4 Å². The van der Waals surface area contributed by atoms with Gasteiger partial charge in [0, 0.05) is 12.8 Å². The Morgan fingerprint density at radius 3 is 1.13 bits per heavy atom. The van der Waals surface area contributed by atoms with Gasteiger partial charge in [-0.1, -0.05) is 294 Å². The van der Waals surface area contributed by atoms with E-state index in [-0.39, 0.29) is 31.5 Å². The number of nitrogens with zero attached hydrogens (tertiary/aromatic N) is 1.